The summed E-state index contributed by atoms with van der Waals surface area (Å²) in [6.07, 6.45) is 2.64. The van der Waals surface area contributed by atoms with Gasteiger partial charge >= 0.3 is 0 Å². The Morgan fingerprint density at radius 3 is 2.52 bits per heavy atom. The Bertz CT molecular complexity index is 940. The van der Waals surface area contributed by atoms with E-state index in [9.17, 15) is 4.79 Å². The molecule has 1 amide bonds. The first kappa shape index (κ1) is 20.7. The van der Waals surface area contributed by atoms with Gasteiger partial charge in [0.05, 0.1) is 20.0 Å². The largest absolute Gasteiger partial charge is 0.497 e. The molecule has 0 fully saturated rings. The van der Waals surface area contributed by atoms with Crippen LogP contribution < -0.4 is 14.8 Å². The van der Waals surface area contributed by atoms with Gasteiger partial charge in [-0.1, -0.05) is 24.8 Å². The fraction of sp³-hybridized carbons (Fsp3) is 0.300. The number of carbonyl (C=O) groups excluding carboxylic acids is 1. The van der Waals surface area contributed by atoms with Gasteiger partial charge in [-0.25, -0.2) is 0 Å². The second-order valence-corrected chi connectivity index (χ2v) is 7.05. The van der Waals surface area contributed by atoms with Crippen molar-refractivity contribution in [2.24, 2.45) is 0 Å². The Morgan fingerprint density at radius 2 is 1.90 bits per heavy atom. The summed E-state index contributed by atoms with van der Waals surface area (Å²) in [5.41, 5.74) is 1.37. The summed E-state index contributed by atoms with van der Waals surface area (Å²) in [4.78, 5) is 16.8. The smallest absolute Gasteiger partial charge is 0.234 e. The second kappa shape index (κ2) is 9.92. The van der Waals surface area contributed by atoms with Crippen molar-refractivity contribution >= 4 is 23.4 Å². The summed E-state index contributed by atoms with van der Waals surface area (Å²) < 4.78 is 12.5. The van der Waals surface area contributed by atoms with Crippen LogP contribution in [0.3, 0.4) is 0 Å². The highest BCUT2D eigenvalue weighted by Gasteiger charge is 2.16. The first-order valence-corrected chi connectivity index (χ1v) is 10.1. The molecule has 9 heteroatoms. The van der Waals surface area contributed by atoms with E-state index in [0.29, 0.717) is 28.2 Å². The molecule has 0 unspecified atom stereocenters. The monoisotopic (exact) mass is 413 g/mol. The zero-order valence-corrected chi connectivity index (χ0v) is 17.4. The molecule has 0 radical (unpaired) electrons. The Balaban J connectivity index is 1.70. The van der Waals surface area contributed by atoms with E-state index < -0.39 is 0 Å². The molecule has 2 aromatic heterocycles. The first-order chi connectivity index (χ1) is 14.1. The van der Waals surface area contributed by atoms with Gasteiger partial charge < -0.3 is 19.4 Å². The molecule has 3 aromatic rings. The highest BCUT2D eigenvalue weighted by molar-refractivity contribution is 7.99. The average Bonchev–Trinajstić information content (AvgIpc) is 3.15. The summed E-state index contributed by atoms with van der Waals surface area (Å²) in [6.45, 7) is 2.83. The molecule has 0 aliphatic carbocycles. The van der Waals surface area contributed by atoms with Crippen LogP contribution in [-0.2, 0) is 11.3 Å². The highest BCUT2D eigenvalue weighted by atomic mass is 32.2. The third-order valence-corrected chi connectivity index (χ3v) is 4.99. The topological polar surface area (TPSA) is 91.2 Å². The Morgan fingerprint density at radius 1 is 1.14 bits per heavy atom. The lowest BCUT2D eigenvalue weighted by Gasteiger charge is -2.10. The summed E-state index contributed by atoms with van der Waals surface area (Å²) in [7, 11) is 3.13. The van der Waals surface area contributed by atoms with E-state index >= 15 is 0 Å². The number of rotatable bonds is 9. The van der Waals surface area contributed by atoms with Crippen molar-refractivity contribution in [1.82, 2.24) is 19.7 Å². The molecule has 1 N–H and O–H groups in total. The molecule has 0 spiro atoms. The van der Waals surface area contributed by atoms with Crippen molar-refractivity contribution < 1.29 is 14.3 Å². The number of pyridine rings is 1. The van der Waals surface area contributed by atoms with Crippen LogP contribution in [0.2, 0.25) is 0 Å². The number of amides is 1. The zero-order valence-electron chi connectivity index (χ0n) is 16.6. The molecule has 3 rings (SSSR count). The van der Waals surface area contributed by atoms with Crippen molar-refractivity contribution in [3.8, 4) is 23.0 Å². The van der Waals surface area contributed by atoms with Gasteiger partial charge in [-0.2, -0.15) is 0 Å². The van der Waals surface area contributed by atoms with Crippen molar-refractivity contribution in [2.45, 2.75) is 25.0 Å². The van der Waals surface area contributed by atoms with Crippen LogP contribution in [0.5, 0.6) is 11.5 Å². The van der Waals surface area contributed by atoms with Crippen molar-refractivity contribution in [1.29, 1.82) is 0 Å². The Labute approximate surface area is 173 Å². The van der Waals surface area contributed by atoms with E-state index in [0.717, 1.165) is 18.7 Å². The Hall–Kier alpha value is -3.07. The van der Waals surface area contributed by atoms with Crippen LogP contribution in [0, 0.1) is 0 Å². The van der Waals surface area contributed by atoms with Crippen LogP contribution in [0.15, 0.2) is 47.8 Å². The number of hydrogen-bond donors (Lipinski definition) is 1. The third kappa shape index (κ3) is 5.26. The SMILES string of the molecule is CCCn1c(SCC(=O)Nc2cc(OC)cc(OC)c2)nnc1-c1ccccn1. The number of methoxy groups -OCH3 is 2. The lowest BCUT2D eigenvalue weighted by atomic mass is 10.2. The van der Waals surface area contributed by atoms with Crippen LogP contribution >= 0.6 is 11.8 Å². The van der Waals surface area contributed by atoms with Gasteiger partial charge in [0.15, 0.2) is 11.0 Å². The van der Waals surface area contributed by atoms with Crippen molar-refractivity contribution in [2.75, 3.05) is 25.3 Å². The maximum absolute atomic E-state index is 12.4. The zero-order chi connectivity index (χ0) is 20.6. The van der Waals surface area contributed by atoms with Crippen molar-refractivity contribution in [3.05, 3.63) is 42.6 Å². The summed E-state index contributed by atoms with van der Waals surface area (Å²) in [6, 6.07) is 10.9. The molecule has 29 heavy (non-hydrogen) atoms. The standard InChI is InChI=1S/C20H23N5O3S/c1-4-9-25-19(17-7-5-6-8-21-17)23-24-20(25)29-13-18(26)22-14-10-15(27-2)12-16(11-14)28-3/h5-8,10-12H,4,9,13H2,1-3H3,(H,22,26). The van der Waals surface area contributed by atoms with Gasteiger partial charge in [-0.15, -0.1) is 10.2 Å². The summed E-state index contributed by atoms with van der Waals surface area (Å²) in [5.74, 6) is 1.96. The molecule has 1 aromatic carbocycles. The minimum Gasteiger partial charge on any atom is -0.497 e. The fourth-order valence-corrected chi connectivity index (χ4v) is 3.48. The summed E-state index contributed by atoms with van der Waals surface area (Å²) >= 11 is 1.34. The predicted octanol–water partition coefficient (Wildman–Crippen LogP) is 3.50. The molecular formula is C20H23N5O3S. The minimum absolute atomic E-state index is 0.157. The van der Waals surface area contributed by atoms with E-state index in [4.69, 9.17) is 9.47 Å². The van der Waals surface area contributed by atoms with Gasteiger partial charge in [0.25, 0.3) is 0 Å². The van der Waals surface area contributed by atoms with E-state index in [2.05, 4.69) is 27.4 Å². The molecule has 2 heterocycles. The van der Waals surface area contributed by atoms with Crippen LogP contribution in [0.25, 0.3) is 11.5 Å². The van der Waals surface area contributed by atoms with Crippen LogP contribution in [0.4, 0.5) is 5.69 Å². The molecule has 0 aliphatic rings. The van der Waals surface area contributed by atoms with Gasteiger partial charge in [0, 0.05) is 36.6 Å². The van der Waals surface area contributed by atoms with E-state index in [-0.39, 0.29) is 11.7 Å². The minimum atomic E-state index is -0.157. The molecule has 0 saturated carbocycles. The normalized spacial score (nSPS) is 10.6. The number of benzene rings is 1. The van der Waals surface area contributed by atoms with E-state index in [1.54, 1.807) is 38.6 Å². The molecule has 0 aliphatic heterocycles. The maximum Gasteiger partial charge on any atom is 0.234 e. The molecule has 152 valence electrons. The number of ether oxygens (including phenoxy) is 2. The molecule has 0 bridgehead atoms. The number of carbonyl (C=O) groups is 1. The number of nitrogens with zero attached hydrogens (tertiary/aromatic N) is 4. The van der Waals surface area contributed by atoms with E-state index in [1.165, 1.54) is 11.8 Å². The lowest BCUT2D eigenvalue weighted by Crippen LogP contribution is -2.15. The predicted molar refractivity (Wildman–Crippen MR) is 112 cm³/mol. The quantitative estimate of drug-likeness (QED) is 0.537. The van der Waals surface area contributed by atoms with Crippen LogP contribution in [-0.4, -0.2) is 45.6 Å². The first-order valence-electron chi connectivity index (χ1n) is 9.15. The third-order valence-electron chi connectivity index (χ3n) is 4.03. The highest BCUT2D eigenvalue weighted by Crippen LogP contribution is 2.27. The number of thioether (sulfide) groups is 1. The van der Waals surface area contributed by atoms with Crippen molar-refractivity contribution in [3.63, 3.8) is 0 Å². The lowest BCUT2D eigenvalue weighted by molar-refractivity contribution is -0.113. The molecular weight excluding hydrogens is 390 g/mol. The van der Waals surface area contributed by atoms with Gasteiger partial charge in [0.2, 0.25) is 5.91 Å². The summed E-state index contributed by atoms with van der Waals surface area (Å²) in [5, 5.41) is 12.1. The molecule has 0 saturated heterocycles. The average molecular weight is 414 g/mol. The van der Waals surface area contributed by atoms with Gasteiger partial charge in [-0.3, -0.25) is 9.78 Å². The second-order valence-electron chi connectivity index (χ2n) is 6.11. The Kier molecular flexibility index (Phi) is 7.07. The number of hydrogen-bond acceptors (Lipinski definition) is 7. The van der Waals surface area contributed by atoms with Crippen LogP contribution in [0.1, 0.15) is 13.3 Å². The van der Waals surface area contributed by atoms with Gasteiger partial charge in [0.1, 0.15) is 17.2 Å². The molecule has 0 atom stereocenters. The van der Waals surface area contributed by atoms with Gasteiger partial charge in [-0.05, 0) is 18.6 Å². The number of aromatic nitrogens is 4. The molecule has 8 nitrogen and oxygen atoms in total. The van der Waals surface area contributed by atoms with E-state index in [1.807, 2.05) is 22.8 Å². The maximum atomic E-state index is 12.4. The number of anilines is 1. The number of nitrogens with one attached hydrogen (secondary N) is 1. The fourth-order valence-electron chi connectivity index (χ4n) is 2.71.